The highest BCUT2D eigenvalue weighted by atomic mass is 16.5. The number of amides is 2. The van der Waals surface area contributed by atoms with E-state index >= 15 is 0 Å². The zero-order valence-corrected chi connectivity index (χ0v) is 16.8. The van der Waals surface area contributed by atoms with Gasteiger partial charge in [-0.1, -0.05) is 13.8 Å². The van der Waals surface area contributed by atoms with E-state index in [4.69, 9.17) is 14.6 Å². The van der Waals surface area contributed by atoms with Crippen molar-refractivity contribution in [1.29, 1.82) is 0 Å². The van der Waals surface area contributed by atoms with Gasteiger partial charge >= 0.3 is 5.97 Å². The van der Waals surface area contributed by atoms with E-state index in [0.29, 0.717) is 23.7 Å². The lowest BCUT2D eigenvalue weighted by Crippen LogP contribution is -2.40. The van der Waals surface area contributed by atoms with E-state index in [1.165, 1.54) is 7.11 Å². The third-order valence-corrected chi connectivity index (χ3v) is 4.64. The summed E-state index contributed by atoms with van der Waals surface area (Å²) >= 11 is 0. The minimum atomic E-state index is -0.950. The maximum absolute atomic E-state index is 13.0. The van der Waals surface area contributed by atoms with Crippen LogP contribution in [0.15, 0.2) is 18.2 Å². The summed E-state index contributed by atoms with van der Waals surface area (Å²) in [5.41, 5.74) is 0.588. The fourth-order valence-corrected chi connectivity index (χ4v) is 3.33. The molecule has 1 aromatic carbocycles. The van der Waals surface area contributed by atoms with E-state index in [1.54, 1.807) is 35.1 Å². The third-order valence-electron chi connectivity index (χ3n) is 4.64. The van der Waals surface area contributed by atoms with Gasteiger partial charge in [-0.15, -0.1) is 0 Å². The van der Waals surface area contributed by atoms with Crippen LogP contribution in [0, 0.1) is 11.8 Å². The van der Waals surface area contributed by atoms with Gasteiger partial charge in [0, 0.05) is 32.1 Å². The van der Waals surface area contributed by atoms with Gasteiger partial charge in [0.25, 0.3) is 0 Å². The number of hydrogen-bond acceptors (Lipinski definition) is 5. The number of carboxylic acid groups (broad SMARTS) is 1. The summed E-state index contributed by atoms with van der Waals surface area (Å²) in [5.74, 6) is -0.502. The second-order valence-electron chi connectivity index (χ2n) is 7.27. The first-order valence-electron chi connectivity index (χ1n) is 9.29. The third kappa shape index (κ3) is 5.15. The van der Waals surface area contributed by atoms with Crippen molar-refractivity contribution in [2.24, 2.45) is 11.8 Å². The zero-order chi connectivity index (χ0) is 20.8. The molecule has 1 aliphatic rings. The summed E-state index contributed by atoms with van der Waals surface area (Å²) in [6.45, 7) is 4.78. The molecule has 0 aromatic heterocycles. The molecule has 1 aromatic rings. The van der Waals surface area contributed by atoms with Gasteiger partial charge in [-0.3, -0.25) is 14.4 Å². The molecule has 1 saturated heterocycles. The topological polar surface area (TPSA) is 96.4 Å². The van der Waals surface area contributed by atoms with E-state index in [1.807, 2.05) is 13.8 Å². The van der Waals surface area contributed by atoms with Crippen molar-refractivity contribution in [2.75, 3.05) is 38.8 Å². The van der Waals surface area contributed by atoms with Gasteiger partial charge in [-0.05, 0) is 18.1 Å². The number of nitrogens with zero attached hydrogens (tertiary/aromatic N) is 2. The summed E-state index contributed by atoms with van der Waals surface area (Å²) in [6, 6.07) is 5.16. The summed E-state index contributed by atoms with van der Waals surface area (Å²) in [5, 5.41) is 8.95. The molecule has 2 amide bonds. The van der Waals surface area contributed by atoms with E-state index in [0.717, 1.165) is 0 Å². The van der Waals surface area contributed by atoms with Crippen molar-refractivity contribution in [2.45, 2.75) is 26.7 Å². The Hall–Kier alpha value is -2.77. The molecule has 8 nitrogen and oxygen atoms in total. The number of anilines is 1. The lowest BCUT2D eigenvalue weighted by atomic mass is 10.1. The highest BCUT2D eigenvalue weighted by Crippen LogP contribution is 2.36. The number of carbonyl (C=O) groups is 3. The molecule has 0 aliphatic carbocycles. The van der Waals surface area contributed by atoms with E-state index in [9.17, 15) is 14.4 Å². The van der Waals surface area contributed by atoms with Crippen LogP contribution in [0.4, 0.5) is 5.69 Å². The predicted molar refractivity (Wildman–Crippen MR) is 104 cm³/mol. The maximum atomic E-state index is 13.0. The molecule has 1 fully saturated rings. The first-order valence-corrected chi connectivity index (χ1v) is 9.29. The van der Waals surface area contributed by atoms with Crippen molar-refractivity contribution in [1.82, 2.24) is 4.90 Å². The Bertz CT molecular complexity index is 733. The first-order chi connectivity index (χ1) is 13.3. The van der Waals surface area contributed by atoms with Crippen LogP contribution in [0.5, 0.6) is 11.5 Å². The quantitative estimate of drug-likeness (QED) is 0.691. The first kappa shape index (κ1) is 21.5. The minimum absolute atomic E-state index is 0.0929. The molecule has 28 heavy (non-hydrogen) atoms. The molecule has 0 radical (unpaired) electrons. The summed E-state index contributed by atoms with van der Waals surface area (Å²) in [7, 11) is 3.06. The molecule has 2 rings (SSSR count). The average molecular weight is 392 g/mol. The number of carbonyl (C=O) groups excluding carboxylic acids is 2. The highest BCUT2D eigenvalue weighted by molar-refractivity contribution is 6.01. The Balaban J connectivity index is 2.18. The molecule has 1 unspecified atom stereocenters. The van der Waals surface area contributed by atoms with Crippen LogP contribution in [0.1, 0.15) is 26.7 Å². The van der Waals surface area contributed by atoms with Gasteiger partial charge in [-0.2, -0.15) is 0 Å². The molecule has 1 aliphatic heterocycles. The molecule has 0 bridgehead atoms. The van der Waals surface area contributed by atoms with Crippen LogP contribution in [-0.4, -0.2) is 61.6 Å². The molecule has 1 atom stereocenters. The van der Waals surface area contributed by atoms with E-state index < -0.39 is 11.9 Å². The number of hydrogen-bond donors (Lipinski definition) is 1. The lowest BCUT2D eigenvalue weighted by Gasteiger charge is -2.27. The number of aliphatic carboxylic acids is 1. The summed E-state index contributed by atoms with van der Waals surface area (Å²) < 4.78 is 10.6. The van der Waals surface area contributed by atoms with Crippen LogP contribution in [0.25, 0.3) is 0 Å². The van der Waals surface area contributed by atoms with Crippen molar-refractivity contribution in [3.05, 3.63) is 18.2 Å². The Morgan fingerprint density at radius 1 is 1.29 bits per heavy atom. The largest absolute Gasteiger partial charge is 0.497 e. The van der Waals surface area contributed by atoms with Crippen LogP contribution in [0.2, 0.25) is 0 Å². The standard InChI is InChI=1S/C20H28N2O6/c1-13(2)11-21(8-7-19(24)25)20(26)14-9-18(23)22(12-14)16-6-5-15(27-3)10-17(16)28-4/h5-6,10,13-14H,7-9,11-12H2,1-4H3,(H,24,25). The van der Waals surface area contributed by atoms with Gasteiger partial charge in [0.05, 0.1) is 32.2 Å². The van der Waals surface area contributed by atoms with Gasteiger partial charge in [0.15, 0.2) is 0 Å². The van der Waals surface area contributed by atoms with Crippen LogP contribution >= 0.6 is 0 Å². The molecule has 1 heterocycles. The Labute approximate surface area is 165 Å². The van der Waals surface area contributed by atoms with Crippen LogP contribution in [-0.2, 0) is 14.4 Å². The van der Waals surface area contributed by atoms with Crippen molar-refractivity contribution in [3.63, 3.8) is 0 Å². The van der Waals surface area contributed by atoms with E-state index in [-0.39, 0.29) is 43.7 Å². The number of ether oxygens (including phenoxy) is 2. The lowest BCUT2D eigenvalue weighted by molar-refractivity contribution is -0.140. The second-order valence-corrected chi connectivity index (χ2v) is 7.27. The average Bonchev–Trinajstić information content (AvgIpc) is 3.04. The fourth-order valence-electron chi connectivity index (χ4n) is 3.33. The van der Waals surface area contributed by atoms with Crippen molar-refractivity contribution in [3.8, 4) is 11.5 Å². The normalized spacial score (nSPS) is 16.4. The smallest absolute Gasteiger partial charge is 0.305 e. The van der Waals surface area contributed by atoms with Crippen LogP contribution in [0.3, 0.4) is 0 Å². The number of rotatable bonds is 9. The van der Waals surface area contributed by atoms with E-state index in [2.05, 4.69) is 0 Å². The highest BCUT2D eigenvalue weighted by Gasteiger charge is 2.38. The van der Waals surface area contributed by atoms with Crippen molar-refractivity contribution < 1.29 is 29.0 Å². The Kier molecular flexibility index (Phi) is 7.25. The molecule has 154 valence electrons. The van der Waals surface area contributed by atoms with Gasteiger partial charge in [0.2, 0.25) is 11.8 Å². The SMILES string of the molecule is COc1ccc(N2CC(C(=O)N(CCC(=O)O)CC(C)C)CC2=O)c(OC)c1. The maximum Gasteiger partial charge on any atom is 0.305 e. The molecule has 8 heteroatoms. The van der Waals surface area contributed by atoms with Gasteiger partial charge < -0.3 is 24.4 Å². The number of benzene rings is 1. The summed E-state index contributed by atoms with van der Waals surface area (Å²) in [4.78, 5) is 39.6. The molecule has 0 spiro atoms. The zero-order valence-electron chi connectivity index (χ0n) is 16.8. The Morgan fingerprint density at radius 3 is 2.57 bits per heavy atom. The van der Waals surface area contributed by atoms with Gasteiger partial charge in [-0.25, -0.2) is 0 Å². The number of methoxy groups -OCH3 is 2. The van der Waals surface area contributed by atoms with Crippen molar-refractivity contribution >= 4 is 23.5 Å². The van der Waals surface area contributed by atoms with Crippen LogP contribution < -0.4 is 14.4 Å². The Morgan fingerprint density at radius 2 is 2.00 bits per heavy atom. The monoisotopic (exact) mass is 392 g/mol. The molecule has 1 N–H and O–H groups in total. The number of carboxylic acids is 1. The fraction of sp³-hybridized carbons (Fsp3) is 0.550. The second kappa shape index (κ2) is 9.43. The molecular formula is C20H28N2O6. The predicted octanol–water partition coefficient (Wildman–Crippen LogP) is 2.02. The minimum Gasteiger partial charge on any atom is -0.497 e. The molecule has 0 saturated carbocycles. The summed E-state index contributed by atoms with van der Waals surface area (Å²) in [6.07, 6.45) is -0.0230. The molecular weight excluding hydrogens is 364 g/mol. The van der Waals surface area contributed by atoms with Gasteiger partial charge in [0.1, 0.15) is 11.5 Å².